The number of nitrogens with zero attached hydrogens (tertiary/aromatic N) is 4. The Balaban J connectivity index is 1.28. The average Bonchev–Trinajstić information content (AvgIpc) is 3.13. The minimum absolute atomic E-state index is 0.0409. The molecule has 1 amide bonds. The van der Waals surface area contributed by atoms with E-state index in [0.717, 1.165) is 48.8 Å². The monoisotopic (exact) mass is 719 g/mol. The van der Waals surface area contributed by atoms with Crippen LogP contribution in [0.3, 0.4) is 0 Å². The molecule has 15 heteroatoms. The highest BCUT2D eigenvalue weighted by molar-refractivity contribution is 7.86. The van der Waals surface area contributed by atoms with Crippen molar-refractivity contribution in [2.45, 2.75) is 64.3 Å². The van der Waals surface area contributed by atoms with Crippen molar-refractivity contribution in [2.24, 2.45) is 5.92 Å². The summed E-state index contributed by atoms with van der Waals surface area (Å²) >= 11 is 0. The third kappa shape index (κ3) is 9.49. The van der Waals surface area contributed by atoms with E-state index in [0.29, 0.717) is 43.5 Å². The third-order valence-corrected chi connectivity index (χ3v) is 10.6. The first-order valence-corrected chi connectivity index (χ1v) is 18.9. The van der Waals surface area contributed by atoms with Crippen molar-refractivity contribution in [3.63, 3.8) is 0 Å². The summed E-state index contributed by atoms with van der Waals surface area (Å²) in [5.74, 6) is -3.21. The lowest BCUT2D eigenvalue weighted by Gasteiger charge is -2.35. The molecule has 0 aliphatic carbocycles. The molecule has 3 heterocycles. The number of hydrogen-bond donors (Lipinski definition) is 2. The Kier molecular flexibility index (Phi) is 12.7. The lowest BCUT2D eigenvalue weighted by molar-refractivity contribution is -0.0836. The molecule has 2 saturated heterocycles. The number of unbranched alkanes of at least 4 members (excludes halogenated alkanes) is 3. The fourth-order valence-electron chi connectivity index (χ4n) is 6.32. The topological polar surface area (TPSA) is 143 Å². The van der Waals surface area contributed by atoms with Crippen LogP contribution in [-0.2, 0) is 25.0 Å². The summed E-state index contributed by atoms with van der Waals surface area (Å²) in [6.45, 7) is 6.97. The highest BCUT2D eigenvalue weighted by Crippen LogP contribution is 2.42. The van der Waals surface area contributed by atoms with Gasteiger partial charge in [0.15, 0.2) is 5.82 Å². The zero-order valence-corrected chi connectivity index (χ0v) is 29.5. The van der Waals surface area contributed by atoms with Crippen LogP contribution in [0.1, 0.15) is 69.5 Å². The van der Waals surface area contributed by atoms with Crippen LogP contribution in [0.15, 0.2) is 42.5 Å². The molecule has 2 aliphatic heterocycles. The zero-order chi connectivity index (χ0) is 35.7. The van der Waals surface area contributed by atoms with E-state index in [1.165, 1.54) is 17.0 Å². The van der Waals surface area contributed by atoms with Gasteiger partial charge in [-0.1, -0.05) is 24.6 Å². The maximum Gasteiger partial charge on any atom is 0.407 e. The lowest BCUT2D eigenvalue weighted by Crippen LogP contribution is -2.41. The number of alkyl halides is 2. The molecule has 5 rings (SSSR count). The van der Waals surface area contributed by atoms with E-state index in [2.05, 4.69) is 20.4 Å². The molecular weight excluding hydrogens is 672 g/mol. The van der Waals surface area contributed by atoms with Gasteiger partial charge in [0.1, 0.15) is 0 Å². The number of piperidine rings is 1. The second-order valence-corrected chi connectivity index (χ2v) is 14.7. The molecule has 2 N–H and O–H groups in total. The molecule has 274 valence electrons. The highest BCUT2D eigenvalue weighted by atomic mass is 32.2. The second-order valence-electron chi connectivity index (χ2n) is 12.8. The highest BCUT2D eigenvalue weighted by Gasteiger charge is 2.43. The number of carboxylic acid groups (broad SMARTS) is 1. The third-order valence-electron chi connectivity index (χ3n) is 9.40. The van der Waals surface area contributed by atoms with Crippen LogP contribution in [0.25, 0.3) is 10.8 Å². The van der Waals surface area contributed by atoms with Gasteiger partial charge in [-0.2, -0.15) is 8.42 Å². The first kappa shape index (κ1) is 37.4. The molecule has 1 aromatic heterocycles. The summed E-state index contributed by atoms with van der Waals surface area (Å²) < 4.78 is 71.0. The number of anilines is 2. The molecular formula is C35H47F2N5O7S. The molecule has 2 fully saturated rings. The molecule has 0 spiro atoms. The number of morpholine rings is 1. The van der Waals surface area contributed by atoms with E-state index < -0.39 is 28.1 Å². The standard InChI is InChI=1S/C35H47F2N5O7S/c1-3-50(45,46)49-20-7-5-4-6-19-48-33-31-24-29(41-17-21-47-22-18-41)11-12-30(31)32(39-40-33)38-25(2)26-9-8-10-28(23-26)35(36,37)27-13-15-42(16-14-27)34(43)44/h8-12,23-25,27H,3-7,13-22H2,1-2H3,(H,38,39)(H,43,44). The van der Waals surface area contributed by atoms with Gasteiger partial charge in [-0.3, -0.25) is 4.18 Å². The minimum Gasteiger partial charge on any atom is -0.476 e. The van der Waals surface area contributed by atoms with Gasteiger partial charge in [0, 0.05) is 48.7 Å². The maximum absolute atomic E-state index is 15.7. The lowest BCUT2D eigenvalue weighted by atomic mass is 9.85. The van der Waals surface area contributed by atoms with E-state index in [1.54, 1.807) is 19.1 Å². The number of benzene rings is 2. The first-order chi connectivity index (χ1) is 24.0. The average molecular weight is 720 g/mol. The summed E-state index contributed by atoms with van der Waals surface area (Å²) in [5, 5.41) is 23.0. The summed E-state index contributed by atoms with van der Waals surface area (Å²) in [5.41, 5.74) is 1.57. The zero-order valence-electron chi connectivity index (χ0n) is 28.7. The quantitative estimate of drug-likeness (QED) is 0.125. The molecule has 1 atom stereocenters. The first-order valence-electron chi connectivity index (χ1n) is 17.3. The van der Waals surface area contributed by atoms with Gasteiger partial charge in [0.2, 0.25) is 5.88 Å². The SMILES string of the molecule is CCS(=O)(=O)OCCCCCCOc1nnc(NC(C)c2cccc(C(F)(F)C3CCN(C(=O)O)CC3)c2)c2ccc(N3CCOCC3)cc12. The molecule has 1 unspecified atom stereocenters. The molecule has 12 nitrogen and oxygen atoms in total. The Morgan fingerprint density at radius 2 is 1.74 bits per heavy atom. The molecule has 3 aromatic rings. The number of ether oxygens (including phenoxy) is 2. The largest absolute Gasteiger partial charge is 0.476 e. The summed E-state index contributed by atoms with van der Waals surface area (Å²) in [7, 11) is -3.43. The van der Waals surface area contributed by atoms with Crippen LogP contribution in [0.5, 0.6) is 5.88 Å². The van der Waals surface area contributed by atoms with Crippen LogP contribution >= 0.6 is 0 Å². The Morgan fingerprint density at radius 3 is 2.44 bits per heavy atom. The van der Waals surface area contributed by atoms with Crippen molar-refractivity contribution < 1.29 is 40.8 Å². The predicted molar refractivity (Wildman–Crippen MR) is 187 cm³/mol. The Morgan fingerprint density at radius 1 is 1.02 bits per heavy atom. The van der Waals surface area contributed by atoms with Crippen molar-refractivity contribution in [1.29, 1.82) is 0 Å². The fourth-order valence-corrected chi connectivity index (χ4v) is 6.86. The Bertz CT molecular complexity index is 1700. The number of amides is 1. The van der Waals surface area contributed by atoms with Crippen molar-refractivity contribution in [2.75, 3.05) is 68.6 Å². The van der Waals surface area contributed by atoms with Gasteiger partial charge < -0.3 is 29.7 Å². The number of nitrogens with one attached hydrogen (secondary N) is 1. The number of carbonyl (C=O) groups is 1. The van der Waals surface area contributed by atoms with Gasteiger partial charge in [-0.15, -0.1) is 10.2 Å². The number of hydrogen-bond acceptors (Lipinski definition) is 10. The van der Waals surface area contributed by atoms with Gasteiger partial charge >= 0.3 is 6.09 Å². The van der Waals surface area contributed by atoms with Crippen molar-refractivity contribution in [3.8, 4) is 5.88 Å². The predicted octanol–water partition coefficient (Wildman–Crippen LogP) is 6.43. The van der Waals surface area contributed by atoms with Gasteiger partial charge in [0.25, 0.3) is 16.0 Å². The van der Waals surface area contributed by atoms with Crippen LogP contribution in [-0.4, -0.2) is 93.1 Å². The maximum atomic E-state index is 15.7. The molecule has 2 aliphatic rings. The van der Waals surface area contributed by atoms with Crippen molar-refractivity contribution >= 4 is 38.5 Å². The molecule has 0 saturated carbocycles. The summed E-state index contributed by atoms with van der Waals surface area (Å²) in [4.78, 5) is 14.7. The normalized spacial score (nSPS) is 16.8. The van der Waals surface area contributed by atoms with Crippen LogP contribution in [0.2, 0.25) is 0 Å². The summed E-state index contributed by atoms with van der Waals surface area (Å²) in [6, 6.07) is 12.0. The molecule has 2 aromatic carbocycles. The second kappa shape index (κ2) is 16.9. The van der Waals surface area contributed by atoms with Crippen LogP contribution < -0.4 is 15.0 Å². The smallest absolute Gasteiger partial charge is 0.407 e. The Labute approximate surface area is 292 Å². The van der Waals surface area contributed by atoms with E-state index >= 15 is 8.78 Å². The van der Waals surface area contributed by atoms with Crippen LogP contribution in [0.4, 0.5) is 25.1 Å². The van der Waals surface area contributed by atoms with Crippen LogP contribution in [0, 0.1) is 5.92 Å². The molecule has 0 bridgehead atoms. The fraction of sp³-hybridized carbons (Fsp3) is 0.571. The number of halogens is 2. The van der Waals surface area contributed by atoms with Crippen molar-refractivity contribution in [3.05, 3.63) is 53.6 Å². The Hall–Kier alpha value is -3.82. The number of likely N-dealkylation sites (tertiary alicyclic amines) is 1. The van der Waals surface area contributed by atoms with E-state index in [9.17, 15) is 18.3 Å². The van der Waals surface area contributed by atoms with E-state index in [-0.39, 0.29) is 49.9 Å². The number of fused-ring (bicyclic) bond motifs is 1. The van der Waals surface area contributed by atoms with Gasteiger partial charge in [-0.05, 0) is 75.8 Å². The van der Waals surface area contributed by atoms with E-state index in [4.69, 9.17) is 13.7 Å². The molecule has 50 heavy (non-hydrogen) atoms. The molecule has 0 radical (unpaired) electrons. The van der Waals surface area contributed by atoms with Gasteiger partial charge in [-0.25, -0.2) is 13.6 Å². The van der Waals surface area contributed by atoms with Crippen molar-refractivity contribution in [1.82, 2.24) is 15.1 Å². The number of rotatable bonds is 16. The van der Waals surface area contributed by atoms with E-state index in [1.807, 2.05) is 25.1 Å². The van der Waals surface area contributed by atoms with Gasteiger partial charge in [0.05, 0.1) is 43.6 Å². The minimum atomic E-state index is -3.43. The summed E-state index contributed by atoms with van der Waals surface area (Å²) in [6.07, 6.45) is 2.12. The number of aromatic nitrogens is 2.